The van der Waals surface area contributed by atoms with Crippen molar-refractivity contribution < 1.29 is 52.4 Å². The highest BCUT2D eigenvalue weighted by Crippen LogP contribution is 2.33. The van der Waals surface area contributed by atoms with Crippen LogP contribution >= 0.6 is 0 Å². The summed E-state index contributed by atoms with van der Waals surface area (Å²) in [5, 5.41) is 0. The van der Waals surface area contributed by atoms with Crippen LogP contribution in [0, 0.1) is 11.8 Å². The van der Waals surface area contributed by atoms with Crippen LogP contribution in [0.3, 0.4) is 0 Å². The van der Waals surface area contributed by atoms with Gasteiger partial charge in [-0.1, -0.05) is 19.1 Å². The van der Waals surface area contributed by atoms with Gasteiger partial charge < -0.3 is 28.4 Å². The average molecular weight is 527 g/mol. The fraction of sp³-hybridized carbons (Fsp3) is 0.654. The van der Waals surface area contributed by atoms with Gasteiger partial charge in [-0.05, 0) is 25.8 Å². The molecule has 0 N–H and O–H groups in total. The molecule has 1 fully saturated rings. The standard InChI is InChI=1S/C26H38O11/c1-14(16(3)34-17(4)27)10-9-11-21-13-33-25(26(37-20(7)30)24(21)36-19(6)29)23(35-18(5)28)15(2)12-22(31)32-8/h9-10,12,14,16,21,23-26H,11,13H2,1-8H3/b10-9+,15-12+. The number of hydrogen-bond acceptors (Lipinski definition) is 11. The Labute approximate surface area is 217 Å². The predicted octanol–water partition coefficient (Wildman–Crippen LogP) is 2.45. The van der Waals surface area contributed by atoms with Gasteiger partial charge >= 0.3 is 29.8 Å². The molecule has 7 atom stereocenters. The summed E-state index contributed by atoms with van der Waals surface area (Å²) in [4.78, 5) is 59.0. The zero-order valence-electron chi connectivity index (χ0n) is 22.7. The van der Waals surface area contributed by atoms with E-state index in [0.29, 0.717) is 6.42 Å². The van der Waals surface area contributed by atoms with E-state index >= 15 is 0 Å². The molecule has 0 bridgehead atoms. The number of carbonyl (C=O) groups is 5. The van der Waals surface area contributed by atoms with Gasteiger partial charge in [0, 0.05) is 45.6 Å². The second-order valence-electron chi connectivity index (χ2n) is 8.99. The van der Waals surface area contributed by atoms with Gasteiger partial charge in [-0.25, -0.2) is 4.79 Å². The third kappa shape index (κ3) is 10.7. The van der Waals surface area contributed by atoms with E-state index in [2.05, 4.69) is 4.74 Å². The molecule has 0 aromatic rings. The molecule has 0 spiro atoms. The van der Waals surface area contributed by atoms with E-state index in [4.69, 9.17) is 23.7 Å². The van der Waals surface area contributed by atoms with Crippen LogP contribution in [-0.2, 0) is 52.4 Å². The molecule has 0 aromatic carbocycles. The van der Waals surface area contributed by atoms with Crippen molar-refractivity contribution in [3.63, 3.8) is 0 Å². The van der Waals surface area contributed by atoms with Crippen molar-refractivity contribution in [2.24, 2.45) is 11.8 Å². The third-order valence-corrected chi connectivity index (χ3v) is 5.78. The molecular weight excluding hydrogens is 488 g/mol. The second-order valence-corrected chi connectivity index (χ2v) is 8.99. The number of hydrogen-bond donors (Lipinski definition) is 0. The molecule has 1 aliphatic heterocycles. The first-order chi connectivity index (χ1) is 17.3. The van der Waals surface area contributed by atoms with Crippen LogP contribution in [-0.4, -0.2) is 74.1 Å². The minimum Gasteiger partial charge on any atom is -0.466 e. The number of carbonyl (C=O) groups excluding carboxylic acids is 5. The molecule has 1 heterocycles. The quantitative estimate of drug-likeness (QED) is 0.170. The van der Waals surface area contributed by atoms with Crippen LogP contribution in [0.25, 0.3) is 0 Å². The molecule has 11 nitrogen and oxygen atoms in total. The monoisotopic (exact) mass is 526 g/mol. The maximum absolute atomic E-state index is 12.0. The highest BCUT2D eigenvalue weighted by atomic mass is 16.6. The molecule has 37 heavy (non-hydrogen) atoms. The number of allylic oxidation sites excluding steroid dienone is 1. The van der Waals surface area contributed by atoms with Gasteiger partial charge in [-0.15, -0.1) is 0 Å². The molecule has 11 heteroatoms. The van der Waals surface area contributed by atoms with Gasteiger partial charge in [0.2, 0.25) is 0 Å². The van der Waals surface area contributed by atoms with Crippen LogP contribution in [0.2, 0.25) is 0 Å². The molecule has 0 saturated carbocycles. The molecule has 0 aromatic heterocycles. The fourth-order valence-electron chi connectivity index (χ4n) is 3.94. The SMILES string of the molecule is COC(=O)/C=C(\C)C(OC(C)=O)C1OCC(C/C=C/C(C)C(C)OC(C)=O)C(OC(C)=O)C1OC(C)=O. The van der Waals surface area contributed by atoms with Gasteiger partial charge in [-0.2, -0.15) is 0 Å². The lowest BCUT2D eigenvalue weighted by molar-refractivity contribution is -0.221. The lowest BCUT2D eigenvalue weighted by Crippen LogP contribution is -2.58. The van der Waals surface area contributed by atoms with Gasteiger partial charge in [0.1, 0.15) is 18.3 Å². The first-order valence-corrected chi connectivity index (χ1v) is 12.0. The Morgan fingerprint density at radius 3 is 1.95 bits per heavy atom. The molecule has 0 aliphatic carbocycles. The maximum Gasteiger partial charge on any atom is 0.330 e. The van der Waals surface area contributed by atoms with E-state index in [-0.39, 0.29) is 30.2 Å². The van der Waals surface area contributed by atoms with Crippen molar-refractivity contribution in [1.82, 2.24) is 0 Å². The van der Waals surface area contributed by atoms with E-state index in [9.17, 15) is 24.0 Å². The Morgan fingerprint density at radius 2 is 1.43 bits per heavy atom. The smallest absolute Gasteiger partial charge is 0.330 e. The highest BCUT2D eigenvalue weighted by Gasteiger charge is 2.49. The Morgan fingerprint density at radius 1 is 0.865 bits per heavy atom. The fourth-order valence-corrected chi connectivity index (χ4v) is 3.94. The number of rotatable bonds is 11. The van der Waals surface area contributed by atoms with Crippen LogP contribution in [0.4, 0.5) is 0 Å². The van der Waals surface area contributed by atoms with Crippen molar-refractivity contribution in [1.29, 1.82) is 0 Å². The Balaban J connectivity index is 3.31. The first-order valence-electron chi connectivity index (χ1n) is 12.0. The van der Waals surface area contributed by atoms with Gasteiger partial charge in [-0.3, -0.25) is 19.2 Å². The summed E-state index contributed by atoms with van der Waals surface area (Å²) in [6, 6.07) is 0. The summed E-state index contributed by atoms with van der Waals surface area (Å²) in [6.45, 7) is 10.2. The summed E-state index contributed by atoms with van der Waals surface area (Å²) in [5.41, 5.74) is 0.289. The number of esters is 5. The van der Waals surface area contributed by atoms with Gasteiger partial charge in [0.15, 0.2) is 12.2 Å². The molecule has 1 saturated heterocycles. The number of ether oxygens (including phenoxy) is 6. The third-order valence-electron chi connectivity index (χ3n) is 5.78. The van der Waals surface area contributed by atoms with Crippen molar-refractivity contribution in [3.05, 3.63) is 23.8 Å². The summed E-state index contributed by atoms with van der Waals surface area (Å²) in [5.74, 6) is -3.47. The van der Waals surface area contributed by atoms with Crippen molar-refractivity contribution >= 4 is 29.8 Å². The van der Waals surface area contributed by atoms with Crippen LogP contribution in [0.5, 0.6) is 0 Å². The minimum absolute atomic E-state index is 0.0713. The average Bonchev–Trinajstić information content (AvgIpc) is 2.78. The van der Waals surface area contributed by atoms with Crippen molar-refractivity contribution in [2.75, 3.05) is 13.7 Å². The zero-order chi connectivity index (χ0) is 28.3. The topological polar surface area (TPSA) is 141 Å². The van der Waals surface area contributed by atoms with E-state index < -0.39 is 54.2 Å². The van der Waals surface area contributed by atoms with E-state index in [1.165, 1.54) is 34.8 Å². The van der Waals surface area contributed by atoms with E-state index in [1.807, 2.05) is 19.1 Å². The second kappa shape index (κ2) is 15.1. The zero-order valence-corrected chi connectivity index (χ0v) is 22.7. The molecule has 0 radical (unpaired) electrons. The molecule has 1 rings (SSSR count). The summed E-state index contributed by atoms with van der Waals surface area (Å²) in [6.07, 6.45) is 0.640. The van der Waals surface area contributed by atoms with Crippen LogP contribution < -0.4 is 0 Å². The normalized spacial score (nSPS) is 24.4. The summed E-state index contributed by atoms with van der Waals surface area (Å²) in [7, 11) is 1.20. The van der Waals surface area contributed by atoms with Crippen LogP contribution in [0.1, 0.15) is 54.9 Å². The lowest BCUT2D eigenvalue weighted by atomic mass is 9.85. The maximum atomic E-state index is 12.0. The molecule has 208 valence electrons. The molecule has 1 aliphatic rings. The first kappa shape index (κ1) is 31.8. The van der Waals surface area contributed by atoms with E-state index in [1.54, 1.807) is 13.8 Å². The van der Waals surface area contributed by atoms with Crippen molar-refractivity contribution in [3.8, 4) is 0 Å². The lowest BCUT2D eigenvalue weighted by Gasteiger charge is -2.43. The largest absolute Gasteiger partial charge is 0.466 e. The minimum atomic E-state index is -1.14. The summed E-state index contributed by atoms with van der Waals surface area (Å²) >= 11 is 0. The van der Waals surface area contributed by atoms with Gasteiger partial charge in [0.25, 0.3) is 0 Å². The Bertz CT molecular complexity index is 891. The highest BCUT2D eigenvalue weighted by molar-refractivity contribution is 5.83. The number of methoxy groups -OCH3 is 1. The predicted molar refractivity (Wildman–Crippen MR) is 130 cm³/mol. The summed E-state index contributed by atoms with van der Waals surface area (Å²) < 4.78 is 32.5. The van der Waals surface area contributed by atoms with E-state index in [0.717, 1.165) is 6.08 Å². The Hall–Kier alpha value is -3.21. The Kier molecular flexibility index (Phi) is 13.0. The van der Waals surface area contributed by atoms with Crippen LogP contribution in [0.15, 0.2) is 23.8 Å². The molecule has 0 amide bonds. The van der Waals surface area contributed by atoms with Crippen molar-refractivity contribution in [2.45, 2.75) is 85.4 Å². The molecular formula is C26H38O11. The molecule has 7 unspecified atom stereocenters. The van der Waals surface area contributed by atoms with Gasteiger partial charge in [0.05, 0.1) is 13.7 Å².